The van der Waals surface area contributed by atoms with Gasteiger partial charge in [-0.3, -0.25) is 14.4 Å². The van der Waals surface area contributed by atoms with Crippen LogP contribution in [-0.2, 0) is 14.8 Å². The summed E-state index contributed by atoms with van der Waals surface area (Å²) in [5.41, 5.74) is -0.248. The van der Waals surface area contributed by atoms with E-state index in [2.05, 4.69) is 0 Å². The topological polar surface area (TPSA) is 118 Å². The summed E-state index contributed by atoms with van der Waals surface area (Å²) in [5.74, 6) is -1.35. The van der Waals surface area contributed by atoms with Gasteiger partial charge < -0.3 is 5.11 Å². The van der Waals surface area contributed by atoms with E-state index in [1.807, 2.05) is 12.1 Å². The van der Waals surface area contributed by atoms with Gasteiger partial charge in [0, 0.05) is 12.1 Å². The van der Waals surface area contributed by atoms with Crippen LogP contribution < -0.4 is 4.31 Å². The Morgan fingerprint density at radius 1 is 1.04 bits per heavy atom. The normalized spacial score (nSPS) is 12.5. The number of aliphatic carboxylic acids is 1. The van der Waals surface area contributed by atoms with Crippen LogP contribution in [0.25, 0.3) is 10.8 Å². The SMILES string of the molecule is CC(C(=O)O)N(c1ccc2ccccc2c1)S(=O)(=O)c1cccc([N+](=O)[O-])c1. The second-order valence-corrected chi connectivity index (χ2v) is 7.92. The Labute approximate surface area is 160 Å². The van der Waals surface area contributed by atoms with E-state index in [1.165, 1.54) is 31.2 Å². The lowest BCUT2D eigenvalue weighted by atomic mass is 10.1. The molecule has 0 aliphatic heterocycles. The molecule has 0 saturated carbocycles. The molecule has 0 aromatic heterocycles. The molecule has 0 fully saturated rings. The van der Waals surface area contributed by atoms with Gasteiger partial charge in [-0.05, 0) is 35.9 Å². The molecule has 8 nitrogen and oxygen atoms in total. The Hall–Kier alpha value is -3.46. The second-order valence-electron chi connectivity index (χ2n) is 6.10. The zero-order chi connectivity index (χ0) is 20.5. The number of nitro benzene ring substituents is 1. The summed E-state index contributed by atoms with van der Waals surface area (Å²) in [4.78, 5) is 21.6. The van der Waals surface area contributed by atoms with E-state index in [4.69, 9.17) is 0 Å². The minimum Gasteiger partial charge on any atom is -0.480 e. The van der Waals surface area contributed by atoms with Crippen molar-refractivity contribution in [1.29, 1.82) is 0 Å². The number of carboxylic acids is 1. The van der Waals surface area contributed by atoms with Gasteiger partial charge >= 0.3 is 5.97 Å². The van der Waals surface area contributed by atoms with Gasteiger partial charge in [-0.15, -0.1) is 0 Å². The van der Waals surface area contributed by atoms with Gasteiger partial charge in [-0.1, -0.05) is 36.4 Å². The number of benzene rings is 3. The second kappa shape index (κ2) is 7.28. The average Bonchev–Trinajstić information content (AvgIpc) is 2.67. The maximum absolute atomic E-state index is 13.2. The molecule has 0 bridgehead atoms. The average molecular weight is 400 g/mol. The van der Waals surface area contributed by atoms with Gasteiger partial charge in [0.2, 0.25) is 0 Å². The highest BCUT2D eigenvalue weighted by Crippen LogP contribution is 2.30. The number of nitro groups is 1. The first-order valence-electron chi connectivity index (χ1n) is 8.22. The summed E-state index contributed by atoms with van der Waals surface area (Å²) in [6.45, 7) is 1.24. The van der Waals surface area contributed by atoms with Crippen LogP contribution in [0.5, 0.6) is 0 Å². The lowest BCUT2D eigenvalue weighted by Crippen LogP contribution is -2.43. The summed E-state index contributed by atoms with van der Waals surface area (Å²) in [5, 5.41) is 22.1. The van der Waals surface area contributed by atoms with Crippen molar-refractivity contribution in [2.75, 3.05) is 4.31 Å². The summed E-state index contributed by atoms with van der Waals surface area (Å²) in [6.07, 6.45) is 0. The molecular formula is C19H16N2O6S. The minimum atomic E-state index is -4.37. The van der Waals surface area contributed by atoms with Crippen LogP contribution in [0.3, 0.4) is 0 Å². The van der Waals surface area contributed by atoms with E-state index in [9.17, 15) is 28.4 Å². The molecule has 3 aromatic carbocycles. The number of anilines is 1. The Kier molecular flexibility index (Phi) is 5.02. The summed E-state index contributed by atoms with van der Waals surface area (Å²) in [6, 6.07) is 15.1. The van der Waals surface area contributed by atoms with Crippen LogP contribution in [0.1, 0.15) is 6.92 Å². The number of rotatable bonds is 6. The minimum absolute atomic E-state index is 0.153. The fourth-order valence-electron chi connectivity index (χ4n) is 2.86. The van der Waals surface area contributed by atoms with E-state index in [0.29, 0.717) is 0 Å². The molecule has 0 aliphatic carbocycles. The van der Waals surface area contributed by atoms with Crippen molar-refractivity contribution in [2.45, 2.75) is 17.9 Å². The fraction of sp³-hybridized carbons (Fsp3) is 0.105. The van der Waals surface area contributed by atoms with Crippen molar-refractivity contribution in [2.24, 2.45) is 0 Å². The molecule has 3 aromatic rings. The van der Waals surface area contributed by atoms with E-state index in [-0.39, 0.29) is 10.6 Å². The van der Waals surface area contributed by atoms with Gasteiger partial charge in [-0.25, -0.2) is 13.2 Å². The molecule has 1 N–H and O–H groups in total. The molecule has 3 rings (SSSR count). The van der Waals surface area contributed by atoms with Crippen LogP contribution in [0, 0.1) is 10.1 Å². The standard InChI is InChI=1S/C19H16N2O6S/c1-13(19(22)23)20(16-10-9-14-5-2-3-6-15(14)11-16)28(26,27)18-8-4-7-17(12-18)21(24)25/h2-13H,1H3,(H,22,23). The van der Waals surface area contributed by atoms with Gasteiger partial charge in [-0.2, -0.15) is 0 Å². The van der Waals surface area contributed by atoms with Gasteiger partial charge in [0.05, 0.1) is 15.5 Å². The van der Waals surface area contributed by atoms with Gasteiger partial charge in [0.1, 0.15) is 6.04 Å². The van der Waals surface area contributed by atoms with E-state index in [1.54, 1.807) is 24.3 Å². The largest absolute Gasteiger partial charge is 0.480 e. The molecule has 0 amide bonds. The third kappa shape index (κ3) is 3.52. The monoisotopic (exact) mass is 400 g/mol. The van der Waals surface area contributed by atoms with Crippen molar-refractivity contribution in [3.05, 3.63) is 76.8 Å². The van der Waals surface area contributed by atoms with Crippen LogP contribution in [0.4, 0.5) is 11.4 Å². The number of non-ortho nitro benzene ring substituents is 1. The molecule has 0 radical (unpaired) electrons. The van der Waals surface area contributed by atoms with Crippen molar-refractivity contribution >= 4 is 38.1 Å². The highest BCUT2D eigenvalue weighted by Gasteiger charge is 2.34. The molecule has 0 saturated heterocycles. The quantitative estimate of drug-likeness (QED) is 0.500. The molecule has 28 heavy (non-hydrogen) atoms. The van der Waals surface area contributed by atoms with Crippen molar-refractivity contribution in [3.8, 4) is 0 Å². The maximum atomic E-state index is 13.2. The van der Waals surface area contributed by atoms with Gasteiger partial charge in [0.15, 0.2) is 0 Å². The predicted molar refractivity (Wildman–Crippen MR) is 104 cm³/mol. The van der Waals surface area contributed by atoms with Crippen LogP contribution in [-0.4, -0.2) is 30.5 Å². The van der Waals surface area contributed by atoms with Crippen LogP contribution in [0.15, 0.2) is 71.6 Å². The lowest BCUT2D eigenvalue weighted by molar-refractivity contribution is -0.385. The fourth-order valence-corrected chi connectivity index (χ4v) is 4.50. The molecule has 0 spiro atoms. The number of sulfonamides is 1. The van der Waals surface area contributed by atoms with Crippen molar-refractivity contribution in [3.63, 3.8) is 0 Å². The van der Waals surface area contributed by atoms with E-state index in [0.717, 1.165) is 21.1 Å². The molecule has 0 heterocycles. The molecule has 1 atom stereocenters. The number of hydrogen-bond acceptors (Lipinski definition) is 5. The highest BCUT2D eigenvalue weighted by atomic mass is 32.2. The zero-order valence-electron chi connectivity index (χ0n) is 14.7. The molecular weight excluding hydrogens is 384 g/mol. The van der Waals surface area contributed by atoms with E-state index < -0.39 is 32.6 Å². The number of nitrogens with zero attached hydrogens (tertiary/aromatic N) is 2. The lowest BCUT2D eigenvalue weighted by Gasteiger charge is -2.28. The molecule has 0 aliphatic rings. The van der Waals surface area contributed by atoms with Gasteiger partial charge in [0.25, 0.3) is 15.7 Å². The summed E-state index contributed by atoms with van der Waals surface area (Å²) in [7, 11) is -4.37. The Morgan fingerprint density at radius 2 is 1.71 bits per heavy atom. The summed E-state index contributed by atoms with van der Waals surface area (Å²) >= 11 is 0. The Bertz CT molecular complexity index is 1180. The molecule has 9 heteroatoms. The number of fused-ring (bicyclic) bond motifs is 1. The van der Waals surface area contributed by atoms with E-state index >= 15 is 0 Å². The summed E-state index contributed by atoms with van der Waals surface area (Å²) < 4.78 is 27.2. The Balaban J connectivity index is 2.20. The molecule has 1 unspecified atom stereocenters. The highest BCUT2D eigenvalue weighted by molar-refractivity contribution is 7.93. The molecule has 144 valence electrons. The first-order valence-corrected chi connectivity index (χ1v) is 9.66. The number of hydrogen-bond donors (Lipinski definition) is 1. The van der Waals surface area contributed by atoms with Crippen LogP contribution >= 0.6 is 0 Å². The first kappa shape index (κ1) is 19.3. The smallest absolute Gasteiger partial charge is 0.327 e. The third-order valence-electron chi connectivity index (χ3n) is 4.28. The Morgan fingerprint density at radius 3 is 2.36 bits per heavy atom. The van der Waals surface area contributed by atoms with Crippen LogP contribution in [0.2, 0.25) is 0 Å². The number of carboxylic acid groups (broad SMARTS) is 1. The first-order chi connectivity index (χ1) is 13.2. The zero-order valence-corrected chi connectivity index (χ0v) is 15.5. The predicted octanol–water partition coefficient (Wildman–Crippen LogP) is 3.42. The third-order valence-corrected chi connectivity index (χ3v) is 6.18. The number of carbonyl (C=O) groups is 1. The van der Waals surface area contributed by atoms with Crippen molar-refractivity contribution < 1.29 is 23.2 Å². The maximum Gasteiger partial charge on any atom is 0.327 e. The van der Waals surface area contributed by atoms with Crippen molar-refractivity contribution in [1.82, 2.24) is 0 Å².